The van der Waals surface area contributed by atoms with E-state index in [2.05, 4.69) is 24.9 Å². The molecule has 1 nitrogen and oxygen atoms in total. The molecule has 4 heteroatoms. The lowest BCUT2D eigenvalue weighted by molar-refractivity contribution is 1.11. The van der Waals surface area contributed by atoms with Gasteiger partial charge < -0.3 is 0 Å². The van der Waals surface area contributed by atoms with E-state index in [1.165, 1.54) is 11.1 Å². The number of aryl methyl sites for hydroxylation is 3. The van der Waals surface area contributed by atoms with E-state index in [0.29, 0.717) is 0 Å². The SMILES string of the molecule is Br.Br.Cc1cnc(C)c(C)c1.F. The molecule has 72 valence electrons. The third-order valence-corrected chi connectivity index (χ3v) is 1.48. The molecule has 0 atom stereocenters. The zero-order chi connectivity index (χ0) is 6.85. The fourth-order valence-electron chi connectivity index (χ4n) is 0.784. The van der Waals surface area contributed by atoms with Gasteiger partial charge in [0.1, 0.15) is 0 Å². The van der Waals surface area contributed by atoms with Crippen molar-refractivity contribution in [3.8, 4) is 0 Å². The first-order chi connectivity index (χ1) is 4.20. The third kappa shape index (κ3) is 4.83. The number of hydrogen-bond acceptors (Lipinski definition) is 1. The highest BCUT2D eigenvalue weighted by Crippen LogP contribution is 2.03. The molecule has 0 N–H and O–H groups in total. The highest BCUT2D eigenvalue weighted by atomic mass is 79.9. The highest BCUT2D eigenvalue weighted by molar-refractivity contribution is 8.93. The van der Waals surface area contributed by atoms with Crippen LogP contribution in [0.1, 0.15) is 16.8 Å². The summed E-state index contributed by atoms with van der Waals surface area (Å²) < 4.78 is 0. The fourth-order valence-corrected chi connectivity index (χ4v) is 0.784. The molecule has 0 saturated carbocycles. The van der Waals surface area contributed by atoms with E-state index in [0.717, 1.165) is 5.69 Å². The first-order valence-corrected chi connectivity index (χ1v) is 3.10. The third-order valence-electron chi connectivity index (χ3n) is 1.48. The molecular weight excluding hydrogens is 289 g/mol. The van der Waals surface area contributed by atoms with Gasteiger partial charge in [0, 0.05) is 11.9 Å². The summed E-state index contributed by atoms with van der Waals surface area (Å²) in [5.41, 5.74) is 3.63. The van der Waals surface area contributed by atoms with Gasteiger partial charge in [0.05, 0.1) is 0 Å². The van der Waals surface area contributed by atoms with Gasteiger partial charge in [0.15, 0.2) is 0 Å². The molecule has 0 bridgehead atoms. The summed E-state index contributed by atoms with van der Waals surface area (Å²) in [5.74, 6) is 0. The Balaban J connectivity index is -0.000000270. The molecule has 0 aliphatic rings. The molecule has 1 heterocycles. The molecule has 0 spiro atoms. The molecule has 0 aromatic carbocycles. The Kier molecular flexibility index (Phi) is 11.5. The van der Waals surface area contributed by atoms with Crippen molar-refractivity contribution in [2.24, 2.45) is 0 Å². The van der Waals surface area contributed by atoms with Crippen molar-refractivity contribution < 1.29 is 4.70 Å². The molecular formula is C8H14Br2FN. The topological polar surface area (TPSA) is 12.9 Å². The standard InChI is InChI=1S/C8H11N.2BrH.FH/c1-6-4-7(2)8(3)9-5-6;;;/h4-5H,1-3H3;3*1H. The van der Waals surface area contributed by atoms with Crippen molar-refractivity contribution in [3.63, 3.8) is 0 Å². The maximum Gasteiger partial charge on any atom is 0.0401 e. The summed E-state index contributed by atoms with van der Waals surface area (Å²) in [6, 6.07) is 2.14. The number of nitrogens with zero attached hydrogens (tertiary/aromatic N) is 1. The molecule has 1 aromatic rings. The van der Waals surface area contributed by atoms with Crippen LogP contribution < -0.4 is 0 Å². The monoisotopic (exact) mass is 301 g/mol. The molecule has 0 saturated heterocycles. The van der Waals surface area contributed by atoms with Crippen LogP contribution in [0.3, 0.4) is 0 Å². The number of rotatable bonds is 0. The minimum atomic E-state index is 0. The molecule has 12 heavy (non-hydrogen) atoms. The second kappa shape index (κ2) is 7.68. The van der Waals surface area contributed by atoms with Gasteiger partial charge in [0.2, 0.25) is 0 Å². The maximum absolute atomic E-state index is 4.18. The summed E-state index contributed by atoms with van der Waals surface area (Å²) in [4.78, 5) is 4.18. The lowest BCUT2D eigenvalue weighted by atomic mass is 10.2. The normalized spacial score (nSPS) is 7.25. The van der Waals surface area contributed by atoms with Crippen molar-refractivity contribution in [1.82, 2.24) is 4.98 Å². The van der Waals surface area contributed by atoms with Gasteiger partial charge in [-0.05, 0) is 31.9 Å². The molecule has 0 aliphatic heterocycles. The van der Waals surface area contributed by atoms with Crippen molar-refractivity contribution in [2.75, 3.05) is 0 Å². The fraction of sp³-hybridized carbons (Fsp3) is 0.375. The van der Waals surface area contributed by atoms with E-state index < -0.39 is 0 Å². The van der Waals surface area contributed by atoms with Gasteiger partial charge in [-0.15, -0.1) is 34.0 Å². The van der Waals surface area contributed by atoms with Gasteiger partial charge in [0.25, 0.3) is 0 Å². The molecule has 0 radical (unpaired) electrons. The van der Waals surface area contributed by atoms with Crippen LogP contribution in [0.5, 0.6) is 0 Å². The van der Waals surface area contributed by atoms with Crippen LogP contribution >= 0.6 is 34.0 Å². The second-order valence-corrected chi connectivity index (χ2v) is 2.41. The average Bonchev–Trinajstić information content (AvgIpc) is 1.80. The molecule has 0 amide bonds. The van der Waals surface area contributed by atoms with E-state index in [1.54, 1.807) is 0 Å². The molecule has 0 fully saturated rings. The first kappa shape index (κ1) is 18.0. The van der Waals surface area contributed by atoms with Gasteiger partial charge >= 0.3 is 0 Å². The largest absolute Gasteiger partial charge is 0.269 e. The summed E-state index contributed by atoms with van der Waals surface area (Å²) >= 11 is 0. The van der Waals surface area contributed by atoms with Crippen molar-refractivity contribution in [2.45, 2.75) is 20.8 Å². The Morgan fingerprint density at radius 3 is 1.92 bits per heavy atom. The molecule has 1 rings (SSSR count). The Morgan fingerprint density at radius 1 is 1.08 bits per heavy atom. The smallest absolute Gasteiger partial charge is 0.0401 e. The number of pyridine rings is 1. The van der Waals surface area contributed by atoms with Crippen LogP contribution in [-0.2, 0) is 0 Å². The van der Waals surface area contributed by atoms with Crippen molar-refractivity contribution >= 4 is 34.0 Å². The molecule has 0 aliphatic carbocycles. The number of halogens is 3. The number of hydrogen-bond donors (Lipinski definition) is 0. The Labute approximate surface area is 93.5 Å². The summed E-state index contributed by atoms with van der Waals surface area (Å²) in [6.07, 6.45) is 1.89. The van der Waals surface area contributed by atoms with Gasteiger partial charge in [-0.2, -0.15) is 0 Å². The van der Waals surface area contributed by atoms with Crippen LogP contribution in [-0.4, -0.2) is 4.98 Å². The van der Waals surface area contributed by atoms with E-state index >= 15 is 0 Å². The zero-order valence-corrected chi connectivity index (χ0v) is 10.8. The van der Waals surface area contributed by atoms with Gasteiger partial charge in [-0.3, -0.25) is 9.69 Å². The second-order valence-electron chi connectivity index (χ2n) is 2.41. The Morgan fingerprint density at radius 2 is 1.58 bits per heavy atom. The zero-order valence-electron chi connectivity index (χ0n) is 7.33. The Hall–Kier alpha value is 0.0400. The lowest BCUT2D eigenvalue weighted by Gasteiger charge is -1.97. The van der Waals surface area contributed by atoms with Gasteiger partial charge in [-0.1, -0.05) is 6.07 Å². The van der Waals surface area contributed by atoms with Crippen molar-refractivity contribution in [3.05, 3.63) is 29.1 Å². The van der Waals surface area contributed by atoms with Crippen LogP contribution in [0.2, 0.25) is 0 Å². The van der Waals surface area contributed by atoms with Gasteiger partial charge in [-0.25, -0.2) is 0 Å². The first-order valence-electron chi connectivity index (χ1n) is 3.10. The van der Waals surface area contributed by atoms with Crippen LogP contribution in [0.25, 0.3) is 0 Å². The van der Waals surface area contributed by atoms with E-state index in [4.69, 9.17) is 0 Å². The van der Waals surface area contributed by atoms with E-state index in [1.807, 2.05) is 13.1 Å². The number of aromatic nitrogens is 1. The van der Waals surface area contributed by atoms with E-state index in [-0.39, 0.29) is 38.7 Å². The van der Waals surface area contributed by atoms with Crippen molar-refractivity contribution in [1.29, 1.82) is 0 Å². The van der Waals surface area contributed by atoms with Crippen LogP contribution in [0.4, 0.5) is 4.70 Å². The summed E-state index contributed by atoms with van der Waals surface area (Å²) in [7, 11) is 0. The average molecular weight is 303 g/mol. The summed E-state index contributed by atoms with van der Waals surface area (Å²) in [6.45, 7) is 6.16. The minimum absolute atomic E-state index is 0. The maximum atomic E-state index is 4.18. The van der Waals surface area contributed by atoms with Crippen LogP contribution in [0.15, 0.2) is 12.3 Å². The Bertz CT molecular complexity index is 228. The minimum Gasteiger partial charge on any atom is -0.269 e. The predicted molar refractivity (Wildman–Crippen MR) is 61.6 cm³/mol. The lowest BCUT2D eigenvalue weighted by Crippen LogP contribution is -1.85. The molecule has 1 aromatic heterocycles. The quantitative estimate of drug-likeness (QED) is 0.716. The predicted octanol–water partition coefficient (Wildman–Crippen LogP) is 3.32. The molecule has 0 unspecified atom stereocenters. The van der Waals surface area contributed by atoms with E-state index in [9.17, 15) is 0 Å². The van der Waals surface area contributed by atoms with Crippen LogP contribution in [0, 0.1) is 20.8 Å². The highest BCUT2D eigenvalue weighted by Gasteiger charge is 1.90. The summed E-state index contributed by atoms with van der Waals surface area (Å²) in [5, 5.41) is 0.